The summed E-state index contributed by atoms with van der Waals surface area (Å²) in [7, 11) is 1.68. The maximum Gasteiger partial charge on any atom is 0.164 e. The van der Waals surface area contributed by atoms with Crippen LogP contribution in [-0.2, 0) is 13.1 Å². The van der Waals surface area contributed by atoms with Gasteiger partial charge in [-0.3, -0.25) is 0 Å². The molecule has 0 saturated carbocycles. The van der Waals surface area contributed by atoms with Crippen molar-refractivity contribution in [1.29, 1.82) is 0 Å². The lowest BCUT2D eigenvalue weighted by molar-refractivity contribution is 0.414. The number of methoxy groups -OCH3 is 1. The van der Waals surface area contributed by atoms with Gasteiger partial charge in [-0.2, -0.15) is 0 Å². The molecule has 0 atom stereocenters. The van der Waals surface area contributed by atoms with Crippen LogP contribution in [0.1, 0.15) is 12.0 Å². The summed E-state index contributed by atoms with van der Waals surface area (Å²) >= 11 is 1.60. The molecule has 0 aliphatic rings. The number of aromatic nitrogens is 4. The molecule has 0 fully saturated rings. The Morgan fingerprint density at radius 2 is 2.00 bits per heavy atom. The van der Waals surface area contributed by atoms with Crippen molar-refractivity contribution in [1.82, 2.24) is 24.8 Å². The smallest absolute Gasteiger partial charge is 0.164 e. The van der Waals surface area contributed by atoms with E-state index in [0.717, 1.165) is 48.0 Å². The number of thioether (sulfide) groups is 1. The summed E-state index contributed by atoms with van der Waals surface area (Å²) < 4.78 is 7.25. The topological polar surface area (TPSA) is 64.9 Å². The predicted molar refractivity (Wildman–Crippen MR) is 96.4 cm³/mol. The number of ether oxygens (including phenoxy) is 1. The largest absolute Gasteiger partial charge is 0.497 e. The number of nitrogens with zero attached hydrogens (tertiary/aromatic N) is 4. The molecule has 0 bridgehead atoms. The average Bonchev–Trinajstić information content (AvgIpc) is 3.05. The van der Waals surface area contributed by atoms with Crippen LogP contribution in [0.4, 0.5) is 0 Å². The maximum atomic E-state index is 5.16. The van der Waals surface area contributed by atoms with Gasteiger partial charge in [0.25, 0.3) is 0 Å². The Labute approximate surface area is 145 Å². The molecular weight excluding hydrogens is 322 g/mol. The summed E-state index contributed by atoms with van der Waals surface area (Å²) in [5.74, 6) is 0.886. The Morgan fingerprint density at radius 3 is 2.75 bits per heavy atom. The summed E-state index contributed by atoms with van der Waals surface area (Å²) in [6.45, 7) is 2.68. The molecule has 0 radical (unpaired) electrons. The van der Waals surface area contributed by atoms with E-state index in [-0.39, 0.29) is 0 Å². The molecule has 6 nitrogen and oxygen atoms in total. The van der Waals surface area contributed by atoms with Crippen LogP contribution in [0.2, 0.25) is 0 Å². The second kappa shape index (κ2) is 8.12. The molecule has 7 heteroatoms. The van der Waals surface area contributed by atoms with E-state index in [4.69, 9.17) is 4.74 Å². The van der Waals surface area contributed by atoms with Crippen molar-refractivity contribution < 1.29 is 4.74 Å². The van der Waals surface area contributed by atoms with Crippen molar-refractivity contribution in [3.8, 4) is 5.75 Å². The Kier molecular flexibility index (Phi) is 5.66. The van der Waals surface area contributed by atoms with Crippen LogP contribution in [0.5, 0.6) is 5.75 Å². The molecule has 1 aromatic carbocycles. The highest BCUT2D eigenvalue weighted by Gasteiger charge is 2.08. The quantitative estimate of drug-likeness (QED) is 0.385. The molecule has 0 aliphatic heterocycles. The van der Waals surface area contributed by atoms with Gasteiger partial charge in [0.2, 0.25) is 0 Å². The highest BCUT2D eigenvalue weighted by atomic mass is 32.2. The number of hydrogen-bond acceptors (Lipinski definition) is 6. The highest BCUT2D eigenvalue weighted by Crippen LogP contribution is 2.20. The molecule has 2 heterocycles. The van der Waals surface area contributed by atoms with E-state index >= 15 is 0 Å². The van der Waals surface area contributed by atoms with Crippen molar-refractivity contribution in [3.05, 3.63) is 42.5 Å². The third kappa shape index (κ3) is 3.85. The van der Waals surface area contributed by atoms with Gasteiger partial charge < -0.3 is 14.6 Å². The van der Waals surface area contributed by atoms with Crippen LogP contribution < -0.4 is 10.1 Å². The monoisotopic (exact) mass is 343 g/mol. The summed E-state index contributed by atoms with van der Waals surface area (Å²) in [6, 6.07) is 8.13. The molecular formula is C17H21N5OS. The van der Waals surface area contributed by atoms with Gasteiger partial charge in [0, 0.05) is 13.1 Å². The third-order valence-corrected chi connectivity index (χ3v) is 4.49. The van der Waals surface area contributed by atoms with Gasteiger partial charge in [0.05, 0.1) is 13.4 Å². The first-order chi connectivity index (χ1) is 11.8. The normalized spacial score (nSPS) is 11.1. The second-order valence-electron chi connectivity index (χ2n) is 5.37. The van der Waals surface area contributed by atoms with E-state index in [1.165, 1.54) is 5.56 Å². The van der Waals surface area contributed by atoms with Crippen LogP contribution in [0.15, 0.2) is 41.9 Å². The Morgan fingerprint density at radius 1 is 1.17 bits per heavy atom. The number of benzene rings is 1. The van der Waals surface area contributed by atoms with Crippen molar-refractivity contribution >= 4 is 22.9 Å². The number of aryl methyl sites for hydroxylation is 1. The van der Waals surface area contributed by atoms with Crippen LogP contribution in [0, 0.1) is 0 Å². The zero-order chi connectivity index (χ0) is 16.8. The van der Waals surface area contributed by atoms with Crippen molar-refractivity contribution in [2.75, 3.05) is 19.9 Å². The number of nitrogens with one attached hydrogen (secondary N) is 1. The molecule has 24 heavy (non-hydrogen) atoms. The molecule has 1 N–H and O–H groups in total. The summed E-state index contributed by atoms with van der Waals surface area (Å²) in [5.41, 5.74) is 3.04. The van der Waals surface area contributed by atoms with Gasteiger partial charge in [-0.25, -0.2) is 15.0 Å². The summed E-state index contributed by atoms with van der Waals surface area (Å²) in [5, 5.41) is 4.39. The molecule has 0 saturated heterocycles. The minimum atomic E-state index is 0.855. The Hall–Kier alpha value is -2.12. The van der Waals surface area contributed by atoms with E-state index in [0.29, 0.717) is 0 Å². The first-order valence-electron chi connectivity index (χ1n) is 7.85. The second-order valence-corrected chi connectivity index (χ2v) is 6.17. The minimum Gasteiger partial charge on any atom is -0.497 e. The average molecular weight is 343 g/mol. The molecule has 3 aromatic rings. The zero-order valence-corrected chi connectivity index (χ0v) is 14.7. The lowest BCUT2D eigenvalue weighted by Gasteiger charge is -2.07. The molecule has 0 unspecified atom stereocenters. The van der Waals surface area contributed by atoms with Gasteiger partial charge in [-0.05, 0) is 36.9 Å². The van der Waals surface area contributed by atoms with Crippen LogP contribution in [0.25, 0.3) is 11.2 Å². The van der Waals surface area contributed by atoms with E-state index < -0.39 is 0 Å². The standard InChI is InChI=1S/C17H21N5OS/c1-23-14-6-4-13(5-7-14)10-18-8-3-9-22-12-21-15-16(22)19-11-20-17(15)24-2/h4-7,11-12,18H,3,8-10H2,1-2H3. The minimum absolute atomic E-state index is 0.855. The maximum absolute atomic E-state index is 5.16. The van der Waals surface area contributed by atoms with Gasteiger partial charge in [0.15, 0.2) is 5.65 Å². The molecule has 126 valence electrons. The van der Waals surface area contributed by atoms with E-state index in [1.54, 1.807) is 25.2 Å². The van der Waals surface area contributed by atoms with Crippen LogP contribution in [0.3, 0.4) is 0 Å². The SMILES string of the molecule is COc1ccc(CNCCCn2cnc3c(SC)ncnc32)cc1. The van der Waals surface area contributed by atoms with Crippen LogP contribution in [-0.4, -0.2) is 39.4 Å². The predicted octanol–water partition coefficient (Wildman–Crippen LogP) is 2.74. The van der Waals surface area contributed by atoms with Crippen molar-refractivity contribution in [2.24, 2.45) is 0 Å². The first-order valence-corrected chi connectivity index (χ1v) is 9.07. The van der Waals surface area contributed by atoms with Gasteiger partial charge in [0.1, 0.15) is 22.6 Å². The van der Waals surface area contributed by atoms with E-state index in [2.05, 4.69) is 37.0 Å². The van der Waals surface area contributed by atoms with Gasteiger partial charge in [-0.15, -0.1) is 11.8 Å². The van der Waals surface area contributed by atoms with Crippen molar-refractivity contribution in [3.63, 3.8) is 0 Å². The van der Waals surface area contributed by atoms with Crippen molar-refractivity contribution in [2.45, 2.75) is 24.5 Å². The van der Waals surface area contributed by atoms with Gasteiger partial charge in [-0.1, -0.05) is 12.1 Å². The molecule has 0 spiro atoms. The number of imidazole rings is 1. The van der Waals surface area contributed by atoms with E-state index in [1.807, 2.05) is 24.7 Å². The summed E-state index contributed by atoms with van der Waals surface area (Å²) in [6.07, 6.45) is 6.47. The first kappa shape index (κ1) is 16.7. The lowest BCUT2D eigenvalue weighted by Crippen LogP contribution is -2.16. The fraction of sp³-hybridized carbons (Fsp3) is 0.353. The summed E-state index contributed by atoms with van der Waals surface area (Å²) in [4.78, 5) is 13.0. The number of hydrogen-bond donors (Lipinski definition) is 1. The lowest BCUT2D eigenvalue weighted by atomic mass is 10.2. The Balaban J connectivity index is 1.48. The molecule has 2 aromatic heterocycles. The van der Waals surface area contributed by atoms with Crippen LogP contribution >= 0.6 is 11.8 Å². The van der Waals surface area contributed by atoms with E-state index in [9.17, 15) is 0 Å². The zero-order valence-electron chi connectivity index (χ0n) is 13.9. The number of rotatable bonds is 8. The molecule has 0 amide bonds. The third-order valence-electron chi connectivity index (χ3n) is 3.80. The molecule has 3 rings (SSSR count). The molecule has 0 aliphatic carbocycles. The fourth-order valence-corrected chi connectivity index (χ4v) is 3.01. The van der Waals surface area contributed by atoms with Gasteiger partial charge >= 0.3 is 0 Å². The highest BCUT2D eigenvalue weighted by molar-refractivity contribution is 7.98. The number of fused-ring (bicyclic) bond motifs is 1. The Bertz CT molecular complexity index is 787. The fourth-order valence-electron chi connectivity index (χ4n) is 2.52.